The van der Waals surface area contributed by atoms with Gasteiger partial charge in [0.2, 0.25) is 12.1 Å². The zero-order chi connectivity index (χ0) is 31.2. The summed E-state index contributed by atoms with van der Waals surface area (Å²) in [6.45, 7) is 1.23. The molecule has 0 aliphatic carbocycles. The number of amides is 2. The quantitative estimate of drug-likeness (QED) is 0.186. The number of aromatic nitrogens is 2. The molecule has 0 saturated carbocycles. The molecule has 0 bridgehead atoms. The Hall–Kier alpha value is -3.91. The first-order chi connectivity index (χ1) is 20.7. The van der Waals surface area contributed by atoms with E-state index in [0.717, 1.165) is 37.9 Å². The molecule has 0 unspecified atom stereocenters. The maximum absolute atomic E-state index is 15.6. The molecule has 3 rings (SSSR count). The fraction of sp³-hybridized carbons (Fsp3) is 0.552. The molecule has 14 heteroatoms. The van der Waals surface area contributed by atoms with Crippen LogP contribution in [0.5, 0.6) is 0 Å². The number of aliphatic hydroxyl groups excluding tert-OH is 1. The van der Waals surface area contributed by atoms with Crippen LogP contribution in [0.4, 0.5) is 25.1 Å². The number of benzene rings is 1. The number of anilines is 2. The number of hydrogen-bond donors (Lipinski definition) is 3. The molecule has 236 valence electrons. The van der Waals surface area contributed by atoms with Crippen molar-refractivity contribution < 1.29 is 42.5 Å². The topological polar surface area (TPSA) is 158 Å². The number of carbonyl (C=O) groups excluding carboxylic acids is 3. The molecule has 1 aliphatic heterocycles. The molecule has 3 atom stereocenters. The van der Waals surface area contributed by atoms with Crippen molar-refractivity contribution in [1.82, 2.24) is 9.55 Å². The van der Waals surface area contributed by atoms with Gasteiger partial charge in [-0.1, -0.05) is 50.8 Å². The van der Waals surface area contributed by atoms with Crippen molar-refractivity contribution in [3.8, 4) is 0 Å². The lowest BCUT2D eigenvalue weighted by molar-refractivity contribution is -0.176. The Balaban J connectivity index is 1.57. The fourth-order valence-electron chi connectivity index (χ4n) is 4.50. The van der Waals surface area contributed by atoms with Crippen LogP contribution < -0.4 is 16.3 Å². The second kappa shape index (κ2) is 16.7. The summed E-state index contributed by atoms with van der Waals surface area (Å²) < 4.78 is 47.0. The van der Waals surface area contributed by atoms with Crippen LogP contribution in [0.2, 0.25) is 0 Å². The summed E-state index contributed by atoms with van der Waals surface area (Å²) in [6, 6.07) is 9.92. The van der Waals surface area contributed by atoms with Crippen LogP contribution in [0.25, 0.3) is 0 Å². The Labute approximate surface area is 247 Å². The van der Waals surface area contributed by atoms with Crippen molar-refractivity contribution in [2.75, 3.05) is 23.8 Å². The second-order valence-electron chi connectivity index (χ2n) is 10.1. The predicted molar refractivity (Wildman–Crippen MR) is 152 cm³/mol. The predicted octanol–water partition coefficient (Wildman–Crippen LogP) is 4.40. The van der Waals surface area contributed by atoms with Gasteiger partial charge in [0.05, 0.1) is 13.2 Å². The van der Waals surface area contributed by atoms with E-state index in [1.54, 1.807) is 24.3 Å². The summed E-state index contributed by atoms with van der Waals surface area (Å²) >= 11 is 0. The maximum atomic E-state index is 15.6. The molecule has 43 heavy (non-hydrogen) atoms. The van der Waals surface area contributed by atoms with Crippen LogP contribution in [-0.2, 0) is 23.8 Å². The van der Waals surface area contributed by atoms with E-state index in [4.69, 9.17) is 14.2 Å². The first-order valence-electron chi connectivity index (χ1n) is 14.4. The van der Waals surface area contributed by atoms with Gasteiger partial charge in [-0.2, -0.15) is 8.78 Å². The molecule has 1 saturated heterocycles. The minimum absolute atomic E-state index is 0.100. The van der Waals surface area contributed by atoms with E-state index in [2.05, 4.69) is 22.5 Å². The van der Waals surface area contributed by atoms with Gasteiger partial charge in [0.15, 0.2) is 6.10 Å². The molecular formula is C29H38F2N4O8. The molecule has 2 aromatic rings. The number of carbonyl (C=O) groups is 3. The molecule has 1 fully saturated rings. The lowest BCUT2D eigenvalue weighted by Gasteiger charge is -2.25. The number of alkyl halides is 2. The van der Waals surface area contributed by atoms with Crippen LogP contribution in [0.15, 0.2) is 47.4 Å². The average molecular weight is 609 g/mol. The fourth-order valence-corrected chi connectivity index (χ4v) is 4.50. The zero-order valence-corrected chi connectivity index (χ0v) is 24.0. The SMILES string of the molecule is CCCCCCCOC(=O)Nc1ccnc(=O)n1[C@@H]1O[C@H](CO)[C@@H](OC(=O)CCCCC(=O)Nc2ccccc2)C1(F)F. The molecule has 1 aromatic carbocycles. The minimum Gasteiger partial charge on any atom is -0.453 e. The number of aliphatic hydroxyl groups is 1. The third-order valence-electron chi connectivity index (χ3n) is 6.71. The van der Waals surface area contributed by atoms with Gasteiger partial charge < -0.3 is 24.6 Å². The zero-order valence-electron chi connectivity index (χ0n) is 24.0. The Bertz CT molecular complexity index is 1260. The molecule has 0 radical (unpaired) electrons. The van der Waals surface area contributed by atoms with Gasteiger partial charge in [-0.05, 0) is 37.5 Å². The lowest BCUT2D eigenvalue weighted by atomic mass is 10.1. The standard InChI is InChI=1S/C29H38F2N4O8/c1-2-3-4-5-11-18-41-28(40)34-22-16-17-32-27(39)35(22)26-29(30,31)25(21(19-36)42-26)43-24(38)15-10-9-14-23(37)33-20-12-7-6-8-13-20/h6-8,12-13,16-17,21,25-26,36H,2-5,9-11,14-15,18-19H2,1H3,(H,33,37)(H,34,40)/t21-,25-,26-/m1/s1. The number of nitrogens with one attached hydrogen (secondary N) is 2. The molecule has 2 heterocycles. The highest BCUT2D eigenvalue weighted by atomic mass is 19.3. The Kier molecular flexibility index (Phi) is 13.0. The van der Waals surface area contributed by atoms with Gasteiger partial charge in [0.1, 0.15) is 11.9 Å². The highest BCUT2D eigenvalue weighted by Gasteiger charge is 2.62. The number of esters is 1. The lowest BCUT2D eigenvalue weighted by Crippen LogP contribution is -2.45. The van der Waals surface area contributed by atoms with E-state index in [0.29, 0.717) is 23.1 Å². The van der Waals surface area contributed by atoms with Crippen LogP contribution in [0.1, 0.15) is 70.9 Å². The number of unbranched alkanes of at least 4 members (excludes halogenated alkanes) is 5. The summed E-state index contributed by atoms with van der Waals surface area (Å²) in [6.07, 6.45) is -1.29. The van der Waals surface area contributed by atoms with Gasteiger partial charge in [0.25, 0.3) is 0 Å². The van der Waals surface area contributed by atoms with Crippen LogP contribution in [0, 0.1) is 0 Å². The van der Waals surface area contributed by atoms with Crippen molar-refractivity contribution in [1.29, 1.82) is 0 Å². The normalized spacial score (nSPS) is 19.0. The Morgan fingerprint density at radius 1 is 1.02 bits per heavy atom. The number of para-hydroxylation sites is 1. The molecular weight excluding hydrogens is 570 g/mol. The summed E-state index contributed by atoms with van der Waals surface area (Å²) in [7, 11) is 0. The minimum atomic E-state index is -3.99. The second-order valence-corrected chi connectivity index (χ2v) is 10.1. The Morgan fingerprint density at radius 3 is 2.47 bits per heavy atom. The van der Waals surface area contributed by atoms with Crippen molar-refractivity contribution in [3.05, 3.63) is 53.1 Å². The highest BCUT2D eigenvalue weighted by Crippen LogP contribution is 2.45. The Morgan fingerprint density at radius 2 is 1.74 bits per heavy atom. The first kappa shape index (κ1) is 33.6. The van der Waals surface area contributed by atoms with E-state index >= 15 is 8.78 Å². The van der Waals surface area contributed by atoms with E-state index in [9.17, 15) is 24.3 Å². The average Bonchev–Trinajstić information content (AvgIpc) is 3.22. The highest BCUT2D eigenvalue weighted by molar-refractivity contribution is 5.90. The summed E-state index contributed by atoms with van der Waals surface area (Å²) in [4.78, 5) is 52.9. The molecule has 2 amide bonds. The molecule has 3 N–H and O–H groups in total. The first-order valence-corrected chi connectivity index (χ1v) is 14.4. The van der Waals surface area contributed by atoms with Gasteiger partial charge >= 0.3 is 23.7 Å². The van der Waals surface area contributed by atoms with Crippen molar-refractivity contribution in [2.45, 2.75) is 89.1 Å². The molecule has 1 aromatic heterocycles. The summed E-state index contributed by atoms with van der Waals surface area (Å²) in [5.74, 6) is -5.63. The van der Waals surface area contributed by atoms with Crippen molar-refractivity contribution >= 4 is 29.5 Å². The van der Waals surface area contributed by atoms with Gasteiger partial charge in [0, 0.05) is 24.7 Å². The maximum Gasteiger partial charge on any atom is 0.412 e. The molecule has 0 spiro atoms. The number of halogens is 2. The van der Waals surface area contributed by atoms with Gasteiger partial charge in [-0.15, -0.1) is 0 Å². The van der Waals surface area contributed by atoms with E-state index in [1.807, 2.05) is 6.07 Å². The van der Waals surface area contributed by atoms with Crippen molar-refractivity contribution in [2.24, 2.45) is 0 Å². The van der Waals surface area contributed by atoms with Crippen LogP contribution in [-0.4, -0.2) is 64.0 Å². The largest absolute Gasteiger partial charge is 0.453 e. The number of rotatable bonds is 16. The van der Waals surface area contributed by atoms with Gasteiger partial charge in [-0.3, -0.25) is 14.9 Å². The number of nitrogens with zero attached hydrogens (tertiary/aromatic N) is 2. The number of ether oxygens (including phenoxy) is 3. The molecule has 1 aliphatic rings. The van der Waals surface area contributed by atoms with Crippen molar-refractivity contribution in [3.63, 3.8) is 0 Å². The van der Waals surface area contributed by atoms with Crippen LogP contribution >= 0.6 is 0 Å². The molecule has 12 nitrogen and oxygen atoms in total. The third-order valence-corrected chi connectivity index (χ3v) is 6.71. The monoisotopic (exact) mass is 608 g/mol. The van der Waals surface area contributed by atoms with E-state index < -0.39 is 48.7 Å². The van der Waals surface area contributed by atoms with E-state index in [-0.39, 0.29) is 37.6 Å². The van der Waals surface area contributed by atoms with Gasteiger partial charge in [-0.25, -0.2) is 19.1 Å². The summed E-state index contributed by atoms with van der Waals surface area (Å²) in [5.41, 5.74) is -0.541. The summed E-state index contributed by atoms with van der Waals surface area (Å²) in [5, 5.41) is 14.7. The number of hydrogen-bond acceptors (Lipinski definition) is 9. The van der Waals surface area contributed by atoms with Crippen LogP contribution in [0.3, 0.4) is 0 Å². The smallest absolute Gasteiger partial charge is 0.412 e. The van der Waals surface area contributed by atoms with E-state index in [1.165, 1.54) is 0 Å². The third kappa shape index (κ3) is 9.82.